The monoisotopic (exact) mass is 223 g/mol. The molecule has 0 saturated carbocycles. The quantitative estimate of drug-likeness (QED) is 0.768. The molecule has 0 unspecified atom stereocenters. The maximum atomic E-state index is 13.6. The first kappa shape index (κ1) is 11.1. The third kappa shape index (κ3) is 1.93. The molecule has 0 spiro atoms. The van der Waals surface area contributed by atoms with E-state index in [0.29, 0.717) is 18.7 Å². The van der Waals surface area contributed by atoms with Crippen LogP contribution in [0, 0.1) is 11.7 Å². The summed E-state index contributed by atoms with van der Waals surface area (Å²) in [7, 11) is 1.36. The summed E-state index contributed by atoms with van der Waals surface area (Å²) in [6.07, 6.45) is 0. The molecule has 1 aromatic carbocycles. The summed E-state index contributed by atoms with van der Waals surface area (Å²) in [5.41, 5.74) is 0.586. The number of methoxy groups -OCH3 is 1. The van der Waals surface area contributed by atoms with Crippen molar-refractivity contribution < 1.29 is 13.9 Å². The summed E-state index contributed by atoms with van der Waals surface area (Å²) < 4.78 is 18.3. The third-order valence-corrected chi connectivity index (χ3v) is 3.02. The zero-order valence-corrected chi connectivity index (χ0v) is 9.07. The van der Waals surface area contributed by atoms with Crippen LogP contribution < -0.4 is 5.32 Å². The third-order valence-electron chi connectivity index (χ3n) is 3.02. The Morgan fingerprint density at radius 2 is 2.19 bits per heavy atom. The molecule has 0 aromatic heterocycles. The fourth-order valence-corrected chi connectivity index (χ4v) is 2.18. The second kappa shape index (κ2) is 4.61. The van der Waals surface area contributed by atoms with E-state index < -0.39 is 0 Å². The van der Waals surface area contributed by atoms with Crippen LogP contribution in [-0.4, -0.2) is 26.2 Å². The maximum absolute atomic E-state index is 13.6. The fraction of sp³-hybridized carbons (Fsp3) is 0.417. The molecule has 0 radical (unpaired) electrons. The Balaban J connectivity index is 2.27. The number of esters is 1. The van der Waals surface area contributed by atoms with Gasteiger partial charge in [0, 0.05) is 19.0 Å². The molecule has 86 valence electrons. The number of rotatable bonds is 2. The van der Waals surface area contributed by atoms with Gasteiger partial charge in [0.15, 0.2) is 0 Å². The Labute approximate surface area is 93.6 Å². The summed E-state index contributed by atoms with van der Waals surface area (Å²) in [4.78, 5) is 11.5. The van der Waals surface area contributed by atoms with Crippen molar-refractivity contribution in [1.29, 1.82) is 0 Å². The lowest BCUT2D eigenvalue weighted by Crippen LogP contribution is -2.23. The van der Waals surface area contributed by atoms with E-state index in [2.05, 4.69) is 5.32 Å². The Hall–Kier alpha value is -1.42. The van der Waals surface area contributed by atoms with Gasteiger partial charge in [-0.2, -0.15) is 0 Å². The Kier molecular flexibility index (Phi) is 3.19. The summed E-state index contributed by atoms with van der Waals surface area (Å²) in [5, 5.41) is 3.10. The standard InChI is InChI=1S/C12H14FNO2/c1-16-12(15)10-7-14-6-9(10)8-4-2-3-5-11(8)13/h2-5,9-10,14H,6-7H2,1H3/t9-,10-/m1/s1. The first-order valence-electron chi connectivity index (χ1n) is 5.27. The molecule has 0 amide bonds. The van der Waals surface area contributed by atoms with Crippen molar-refractivity contribution in [2.45, 2.75) is 5.92 Å². The topological polar surface area (TPSA) is 38.3 Å². The van der Waals surface area contributed by atoms with E-state index in [1.807, 2.05) is 0 Å². The van der Waals surface area contributed by atoms with Crippen molar-refractivity contribution in [3.05, 3.63) is 35.6 Å². The lowest BCUT2D eigenvalue weighted by molar-refractivity contribution is -0.145. The SMILES string of the molecule is COC(=O)[C@@H]1CNC[C@@H]1c1ccccc1F. The molecule has 1 aliphatic rings. The van der Waals surface area contributed by atoms with Gasteiger partial charge in [0.2, 0.25) is 0 Å². The molecule has 1 aromatic rings. The van der Waals surface area contributed by atoms with Gasteiger partial charge in [-0.1, -0.05) is 18.2 Å². The molecule has 2 rings (SSSR count). The second-order valence-corrected chi connectivity index (χ2v) is 3.92. The largest absolute Gasteiger partial charge is 0.469 e. The normalized spacial score (nSPS) is 24.4. The molecule has 4 heteroatoms. The first-order valence-corrected chi connectivity index (χ1v) is 5.27. The van der Waals surface area contributed by atoms with Crippen molar-refractivity contribution in [3.8, 4) is 0 Å². The summed E-state index contributed by atoms with van der Waals surface area (Å²) in [6.45, 7) is 1.16. The lowest BCUT2D eigenvalue weighted by atomic mass is 9.89. The number of carbonyl (C=O) groups is 1. The van der Waals surface area contributed by atoms with Gasteiger partial charge in [-0.3, -0.25) is 4.79 Å². The highest BCUT2D eigenvalue weighted by atomic mass is 19.1. The average molecular weight is 223 g/mol. The Morgan fingerprint density at radius 1 is 1.44 bits per heavy atom. The fourth-order valence-electron chi connectivity index (χ4n) is 2.18. The van der Waals surface area contributed by atoms with Crippen molar-refractivity contribution >= 4 is 5.97 Å². The van der Waals surface area contributed by atoms with Gasteiger partial charge >= 0.3 is 5.97 Å². The zero-order valence-electron chi connectivity index (χ0n) is 9.07. The zero-order chi connectivity index (χ0) is 11.5. The smallest absolute Gasteiger partial charge is 0.310 e. The minimum Gasteiger partial charge on any atom is -0.469 e. The van der Waals surface area contributed by atoms with E-state index >= 15 is 0 Å². The van der Waals surface area contributed by atoms with E-state index in [9.17, 15) is 9.18 Å². The van der Waals surface area contributed by atoms with Crippen LogP contribution >= 0.6 is 0 Å². The van der Waals surface area contributed by atoms with Crippen molar-refractivity contribution in [1.82, 2.24) is 5.32 Å². The van der Waals surface area contributed by atoms with Gasteiger partial charge in [0.05, 0.1) is 13.0 Å². The predicted octanol–water partition coefficient (Wildman–Crippen LogP) is 1.30. The van der Waals surface area contributed by atoms with E-state index in [0.717, 1.165) is 0 Å². The van der Waals surface area contributed by atoms with E-state index in [4.69, 9.17) is 4.74 Å². The first-order chi connectivity index (χ1) is 7.74. The predicted molar refractivity (Wildman–Crippen MR) is 57.5 cm³/mol. The average Bonchev–Trinajstić information content (AvgIpc) is 2.77. The molecule has 16 heavy (non-hydrogen) atoms. The molecule has 0 bridgehead atoms. The summed E-state index contributed by atoms with van der Waals surface area (Å²) in [6, 6.07) is 6.57. The van der Waals surface area contributed by atoms with E-state index in [1.54, 1.807) is 18.2 Å². The van der Waals surface area contributed by atoms with Crippen LogP contribution in [0.2, 0.25) is 0 Å². The highest BCUT2D eigenvalue weighted by molar-refractivity contribution is 5.74. The minimum atomic E-state index is -0.290. The highest BCUT2D eigenvalue weighted by Gasteiger charge is 2.35. The molecule has 0 aliphatic carbocycles. The summed E-state index contributed by atoms with van der Waals surface area (Å²) in [5.74, 6) is -0.959. The molecular formula is C12H14FNO2. The minimum absolute atomic E-state index is 0.131. The van der Waals surface area contributed by atoms with Gasteiger partial charge in [0.25, 0.3) is 0 Å². The maximum Gasteiger partial charge on any atom is 0.310 e. The Bertz CT molecular complexity index is 394. The van der Waals surface area contributed by atoms with Crippen LogP contribution in [-0.2, 0) is 9.53 Å². The molecule has 2 atom stereocenters. The van der Waals surface area contributed by atoms with Crippen LogP contribution in [0.5, 0.6) is 0 Å². The van der Waals surface area contributed by atoms with Crippen LogP contribution in [0.25, 0.3) is 0 Å². The van der Waals surface area contributed by atoms with Crippen LogP contribution in [0.1, 0.15) is 11.5 Å². The van der Waals surface area contributed by atoms with Gasteiger partial charge in [-0.05, 0) is 11.6 Å². The molecule has 1 saturated heterocycles. The molecule has 1 fully saturated rings. The van der Waals surface area contributed by atoms with Crippen molar-refractivity contribution in [2.75, 3.05) is 20.2 Å². The molecule has 1 heterocycles. The molecular weight excluding hydrogens is 209 g/mol. The lowest BCUT2D eigenvalue weighted by Gasteiger charge is -2.17. The van der Waals surface area contributed by atoms with Crippen molar-refractivity contribution in [3.63, 3.8) is 0 Å². The van der Waals surface area contributed by atoms with Gasteiger partial charge < -0.3 is 10.1 Å². The van der Waals surface area contributed by atoms with Gasteiger partial charge in [0.1, 0.15) is 5.82 Å². The number of nitrogens with one attached hydrogen (secondary N) is 1. The Morgan fingerprint density at radius 3 is 2.88 bits per heavy atom. The summed E-state index contributed by atoms with van der Waals surface area (Å²) >= 11 is 0. The number of benzene rings is 1. The van der Waals surface area contributed by atoms with E-state index in [-0.39, 0.29) is 23.6 Å². The number of hydrogen-bond donors (Lipinski definition) is 1. The number of ether oxygens (including phenoxy) is 1. The van der Waals surface area contributed by atoms with Crippen LogP contribution in [0.15, 0.2) is 24.3 Å². The van der Waals surface area contributed by atoms with Gasteiger partial charge in [-0.25, -0.2) is 4.39 Å². The van der Waals surface area contributed by atoms with Gasteiger partial charge in [-0.15, -0.1) is 0 Å². The number of carbonyl (C=O) groups excluding carboxylic acids is 1. The van der Waals surface area contributed by atoms with Crippen molar-refractivity contribution in [2.24, 2.45) is 5.92 Å². The number of halogens is 1. The number of hydrogen-bond acceptors (Lipinski definition) is 3. The van der Waals surface area contributed by atoms with Crippen LogP contribution in [0.4, 0.5) is 4.39 Å². The highest BCUT2D eigenvalue weighted by Crippen LogP contribution is 2.30. The molecule has 3 nitrogen and oxygen atoms in total. The molecule has 1 N–H and O–H groups in total. The second-order valence-electron chi connectivity index (χ2n) is 3.92. The van der Waals surface area contributed by atoms with E-state index in [1.165, 1.54) is 13.2 Å². The molecule has 1 aliphatic heterocycles. The van der Waals surface area contributed by atoms with Crippen LogP contribution in [0.3, 0.4) is 0 Å².